The Morgan fingerprint density at radius 2 is 1.14 bits per heavy atom. The third-order valence-corrected chi connectivity index (χ3v) is 5.08. The van der Waals surface area contributed by atoms with Crippen LogP contribution in [0.1, 0.15) is 25.0 Å². The molecule has 0 aromatic heterocycles. The fourth-order valence-electron chi connectivity index (χ4n) is 2.37. The lowest BCUT2D eigenvalue weighted by Crippen LogP contribution is -2.20. The Morgan fingerprint density at radius 3 is 1.48 bits per heavy atom. The van der Waals surface area contributed by atoms with Crippen molar-refractivity contribution in [2.24, 2.45) is 0 Å². The molecule has 0 radical (unpaired) electrons. The second-order valence-corrected chi connectivity index (χ2v) is 7.03. The normalized spacial score (nSPS) is 11.3. The molecule has 0 amide bonds. The maximum atomic E-state index is 5.36. The van der Waals surface area contributed by atoms with E-state index in [0.29, 0.717) is 0 Å². The van der Waals surface area contributed by atoms with Crippen LogP contribution in [-0.2, 0) is 5.41 Å². The molecule has 2 aromatic rings. The molecule has 4 heteroatoms. The zero-order valence-corrected chi connectivity index (χ0v) is 15.7. The summed E-state index contributed by atoms with van der Waals surface area (Å²) in [5.41, 5.74) is 2.12. The highest BCUT2D eigenvalue weighted by Gasteiger charge is 2.28. The molecule has 0 spiro atoms. The molecule has 2 rings (SSSR count). The van der Waals surface area contributed by atoms with Crippen molar-refractivity contribution in [2.75, 3.05) is 14.2 Å². The largest absolute Gasteiger partial charge is 0.497 e. The molecule has 0 aliphatic rings. The van der Waals surface area contributed by atoms with Gasteiger partial charge in [0.25, 0.3) is 0 Å². The van der Waals surface area contributed by atoms with Gasteiger partial charge in [0.1, 0.15) is 11.5 Å². The average molecular weight is 414 g/mol. The molecule has 112 valence electrons. The molecule has 0 unspecified atom stereocenters. The molecular formula is C17H18Br2O2. The lowest BCUT2D eigenvalue weighted by atomic mass is 9.78. The summed E-state index contributed by atoms with van der Waals surface area (Å²) >= 11 is 7.30. The second kappa shape index (κ2) is 6.41. The number of methoxy groups -OCH3 is 2. The first kappa shape index (κ1) is 16.4. The number of halogens is 2. The Labute approximate surface area is 142 Å². The molecule has 0 bridgehead atoms. The van der Waals surface area contributed by atoms with Crippen molar-refractivity contribution in [1.29, 1.82) is 0 Å². The van der Waals surface area contributed by atoms with Crippen LogP contribution >= 0.6 is 31.9 Å². The average Bonchev–Trinajstić information content (AvgIpc) is 2.48. The number of ether oxygens (including phenoxy) is 2. The standard InChI is InChI=1S/C17H18Br2O2/c1-17(2,13-9-11(20-3)5-7-15(13)18)14-10-12(21-4)6-8-16(14)19/h5-10H,1-4H3. The van der Waals surface area contributed by atoms with Crippen molar-refractivity contribution in [3.05, 3.63) is 56.5 Å². The second-order valence-electron chi connectivity index (χ2n) is 5.32. The van der Waals surface area contributed by atoms with E-state index in [0.717, 1.165) is 31.6 Å². The van der Waals surface area contributed by atoms with E-state index < -0.39 is 0 Å². The third kappa shape index (κ3) is 3.27. The summed E-state index contributed by atoms with van der Waals surface area (Å²) in [6, 6.07) is 12.1. The molecule has 0 saturated heterocycles. The van der Waals surface area contributed by atoms with Crippen molar-refractivity contribution >= 4 is 31.9 Å². The van der Waals surface area contributed by atoms with Gasteiger partial charge in [-0.25, -0.2) is 0 Å². The topological polar surface area (TPSA) is 18.5 Å². The predicted octanol–water partition coefficient (Wildman–Crippen LogP) is 5.55. The summed E-state index contributed by atoms with van der Waals surface area (Å²) in [5, 5.41) is 0. The fourth-order valence-corrected chi connectivity index (χ4v) is 3.85. The van der Waals surface area contributed by atoms with Gasteiger partial charge < -0.3 is 9.47 Å². The number of rotatable bonds is 4. The summed E-state index contributed by atoms with van der Waals surface area (Å²) in [4.78, 5) is 0. The van der Waals surface area contributed by atoms with Crippen molar-refractivity contribution in [3.8, 4) is 11.5 Å². The molecule has 0 atom stereocenters. The van der Waals surface area contributed by atoms with Gasteiger partial charge in [-0.15, -0.1) is 0 Å². The van der Waals surface area contributed by atoms with Crippen molar-refractivity contribution in [3.63, 3.8) is 0 Å². The summed E-state index contributed by atoms with van der Waals surface area (Å²) in [7, 11) is 3.36. The third-order valence-electron chi connectivity index (χ3n) is 3.69. The quantitative estimate of drug-likeness (QED) is 0.653. The summed E-state index contributed by atoms with van der Waals surface area (Å²) in [6.07, 6.45) is 0. The molecule has 2 nitrogen and oxygen atoms in total. The van der Waals surface area contributed by atoms with Crippen molar-refractivity contribution in [1.82, 2.24) is 0 Å². The van der Waals surface area contributed by atoms with Gasteiger partial charge in [-0.3, -0.25) is 0 Å². The molecule has 21 heavy (non-hydrogen) atoms. The van der Waals surface area contributed by atoms with E-state index in [9.17, 15) is 0 Å². The smallest absolute Gasteiger partial charge is 0.119 e. The van der Waals surface area contributed by atoms with E-state index in [2.05, 4.69) is 57.8 Å². The first-order valence-electron chi connectivity index (χ1n) is 6.58. The van der Waals surface area contributed by atoms with E-state index in [1.54, 1.807) is 14.2 Å². The predicted molar refractivity (Wildman–Crippen MR) is 93.5 cm³/mol. The SMILES string of the molecule is COc1ccc(Br)c(C(C)(C)c2cc(OC)ccc2Br)c1. The Morgan fingerprint density at radius 1 is 0.762 bits per heavy atom. The van der Waals surface area contributed by atoms with Crippen molar-refractivity contribution < 1.29 is 9.47 Å². The minimum atomic E-state index is -0.208. The Balaban J connectivity index is 2.61. The number of hydrogen-bond acceptors (Lipinski definition) is 2. The molecule has 2 aromatic carbocycles. The van der Waals surface area contributed by atoms with Crippen LogP contribution in [0, 0.1) is 0 Å². The van der Waals surface area contributed by atoms with E-state index in [4.69, 9.17) is 9.47 Å². The van der Waals surface area contributed by atoms with Gasteiger partial charge in [0.2, 0.25) is 0 Å². The van der Waals surface area contributed by atoms with Crippen LogP contribution in [0.2, 0.25) is 0 Å². The van der Waals surface area contributed by atoms with Crippen LogP contribution < -0.4 is 9.47 Å². The maximum absolute atomic E-state index is 5.36. The van der Waals surface area contributed by atoms with Gasteiger partial charge in [0.15, 0.2) is 0 Å². The van der Waals surface area contributed by atoms with Crippen LogP contribution in [0.15, 0.2) is 45.3 Å². The molecule has 0 N–H and O–H groups in total. The highest BCUT2D eigenvalue weighted by molar-refractivity contribution is 9.10. The van der Waals surface area contributed by atoms with Crippen LogP contribution in [-0.4, -0.2) is 14.2 Å². The number of hydrogen-bond donors (Lipinski definition) is 0. The maximum Gasteiger partial charge on any atom is 0.119 e. The lowest BCUT2D eigenvalue weighted by molar-refractivity contribution is 0.411. The van der Waals surface area contributed by atoms with Gasteiger partial charge in [0.05, 0.1) is 14.2 Å². The monoisotopic (exact) mass is 412 g/mol. The number of benzene rings is 2. The molecule has 0 aliphatic carbocycles. The highest BCUT2D eigenvalue weighted by atomic mass is 79.9. The van der Waals surface area contributed by atoms with Crippen LogP contribution in [0.25, 0.3) is 0 Å². The zero-order valence-electron chi connectivity index (χ0n) is 12.5. The van der Waals surface area contributed by atoms with Gasteiger partial charge in [-0.1, -0.05) is 45.7 Å². The van der Waals surface area contributed by atoms with Crippen molar-refractivity contribution in [2.45, 2.75) is 19.3 Å². The van der Waals surface area contributed by atoms with E-state index in [1.807, 2.05) is 24.3 Å². The minimum Gasteiger partial charge on any atom is -0.497 e. The molecule has 0 aliphatic heterocycles. The highest BCUT2D eigenvalue weighted by Crippen LogP contribution is 2.41. The summed E-state index contributed by atoms with van der Waals surface area (Å²) < 4.78 is 12.8. The summed E-state index contributed by atoms with van der Waals surface area (Å²) in [5.74, 6) is 1.69. The molecule has 0 heterocycles. The lowest BCUT2D eigenvalue weighted by Gasteiger charge is -2.29. The Kier molecular flexibility index (Phi) is 4.99. The Bertz CT molecular complexity index is 596. The van der Waals surface area contributed by atoms with Gasteiger partial charge >= 0.3 is 0 Å². The molecular weight excluding hydrogens is 396 g/mol. The summed E-state index contributed by atoms with van der Waals surface area (Å²) in [6.45, 7) is 4.37. The molecule has 0 saturated carbocycles. The zero-order chi connectivity index (χ0) is 15.6. The van der Waals surface area contributed by atoms with E-state index in [-0.39, 0.29) is 5.41 Å². The first-order valence-corrected chi connectivity index (χ1v) is 8.16. The minimum absolute atomic E-state index is 0.208. The fraction of sp³-hybridized carbons (Fsp3) is 0.294. The van der Waals surface area contributed by atoms with Gasteiger partial charge in [0, 0.05) is 14.4 Å². The van der Waals surface area contributed by atoms with Crippen LogP contribution in [0.3, 0.4) is 0 Å². The Hall–Kier alpha value is -1.00. The van der Waals surface area contributed by atoms with Gasteiger partial charge in [-0.2, -0.15) is 0 Å². The van der Waals surface area contributed by atoms with Crippen LogP contribution in [0.5, 0.6) is 11.5 Å². The molecule has 0 fully saturated rings. The van der Waals surface area contributed by atoms with E-state index >= 15 is 0 Å². The van der Waals surface area contributed by atoms with Gasteiger partial charge in [-0.05, 0) is 47.5 Å². The van der Waals surface area contributed by atoms with Crippen LogP contribution in [0.4, 0.5) is 0 Å². The van der Waals surface area contributed by atoms with E-state index in [1.165, 1.54) is 0 Å². The first-order chi connectivity index (χ1) is 9.90.